The molecule has 1 unspecified atom stereocenters. The second kappa shape index (κ2) is 6.27. The summed E-state index contributed by atoms with van der Waals surface area (Å²) in [5.74, 6) is -0.318. The highest BCUT2D eigenvalue weighted by Gasteiger charge is 2.22. The molecular formula is C16H21N3O3. The summed E-state index contributed by atoms with van der Waals surface area (Å²) in [6.45, 7) is 5.74. The second-order valence-electron chi connectivity index (χ2n) is 6.36. The van der Waals surface area contributed by atoms with Gasteiger partial charge in [-0.1, -0.05) is 32.9 Å². The highest BCUT2D eigenvalue weighted by atomic mass is 16.3. The Hall–Kier alpha value is -2.21. The smallest absolute Gasteiger partial charge is 0.269 e. The van der Waals surface area contributed by atoms with E-state index in [2.05, 4.69) is 10.3 Å². The number of aromatic nitrogens is 2. The Morgan fingerprint density at radius 2 is 2.05 bits per heavy atom. The van der Waals surface area contributed by atoms with Gasteiger partial charge in [-0.25, -0.2) is 4.98 Å². The summed E-state index contributed by atoms with van der Waals surface area (Å²) in [6.07, 6.45) is 0.557. The van der Waals surface area contributed by atoms with E-state index in [0.29, 0.717) is 11.0 Å². The molecule has 6 nitrogen and oxygen atoms in total. The van der Waals surface area contributed by atoms with Gasteiger partial charge in [-0.2, -0.15) is 0 Å². The fraction of sp³-hybridized carbons (Fsp3) is 0.438. The maximum Gasteiger partial charge on any atom is 0.269 e. The molecule has 0 saturated carbocycles. The Labute approximate surface area is 128 Å². The summed E-state index contributed by atoms with van der Waals surface area (Å²) in [4.78, 5) is 28.0. The van der Waals surface area contributed by atoms with Gasteiger partial charge >= 0.3 is 0 Å². The lowest BCUT2D eigenvalue weighted by molar-refractivity contribution is -0.122. The first kappa shape index (κ1) is 16.2. The third-order valence-electron chi connectivity index (χ3n) is 3.55. The number of carbonyl (C=O) groups excluding carboxylic acids is 1. The predicted molar refractivity (Wildman–Crippen MR) is 84.5 cm³/mol. The van der Waals surface area contributed by atoms with Gasteiger partial charge in [-0.3, -0.25) is 14.2 Å². The molecule has 0 aliphatic carbocycles. The number of carbonyl (C=O) groups is 1. The van der Waals surface area contributed by atoms with Crippen molar-refractivity contribution in [3.8, 4) is 0 Å². The van der Waals surface area contributed by atoms with Crippen LogP contribution in [0.5, 0.6) is 0 Å². The van der Waals surface area contributed by atoms with Crippen molar-refractivity contribution in [3.63, 3.8) is 0 Å². The molecule has 2 aromatic rings. The van der Waals surface area contributed by atoms with Crippen molar-refractivity contribution in [2.45, 2.75) is 33.4 Å². The summed E-state index contributed by atoms with van der Waals surface area (Å²) in [7, 11) is 0. The monoisotopic (exact) mass is 303 g/mol. The Morgan fingerprint density at radius 1 is 1.36 bits per heavy atom. The number of benzene rings is 1. The number of rotatable bonds is 4. The van der Waals surface area contributed by atoms with Gasteiger partial charge in [-0.15, -0.1) is 0 Å². The number of aliphatic hydroxyl groups excluding tert-OH is 1. The minimum absolute atomic E-state index is 0.0985. The summed E-state index contributed by atoms with van der Waals surface area (Å²) >= 11 is 0. The van der Waals surface area contributed by atoms with Gasteiger partial charge in [-0.05, 0) is 17.5 Å². The van der Waals surface area contributed by atoms with E-state index in [-0.39, 0.29) is 30.0 Å². The molecule has 1 atom stereocenters. The average Bonchev–Trinajstić information content (AvgIpc) is 2.46. The lowest BCUT2D eigenvalue weighted by Gasteiger charge is -2.25. The van der Waals surface area contributed by atoms with Crippen LogP contribution in [0.2, 0.25) is 0 Å². The minimum atomic E-state index is -0.651. The Balaban J connectivity index is 2.13. The quantitative estimate of drug-likeness (QED) is 0.879. The van der Waals surface area contributed by atoms with E-state index < -0.39 is 6.10 Å². The zero-order valence-corrected chi connectivity index (χ0v) is 13.0. The molecule has 0 spiro atoms. The van der Waals surface area contributed by atoms with E-state index in [0.717, 1.165) is 0 Å². The van der Waals surface area contributed by atoms with Crippen LogP contribution in [0.25, 0.3) is 11.0 Å². The SMILES string of the molecule is CC(C)(C)C(O)CNC(=O)Cn1c(=O)cnc2ccccc21. The number of para-hydroxylation sites is 2. The summed E-state index contributed by atoms with van der Waals surface area (Å²) < 4.78 is 1.38. The summed E-state index contributed by atoms with van der Waals surface area (Å²) in [5.41, 5.74) is 0.629. The van der Waals surface area contributed by atoms with E-state index in [1.165, 1.54) is 10.8 Å². The van der Waals surface area contributed by atoms with Crippen LogP contribution in [0.15, 0.2) is 35.3 Å². The topological polar surface area (TPSA) is 84.2 Å². The van der Waals surface area contributed by atoms with Crippen molar-refractivity contribution in [2.24, 2.45) is 5.41 Å². The van der Waals surface area contributed by atoms with Gasteiger partial charge in [0.2, 0.25) is 5.91 Å². The molecule has 0 aliphatic heterocycles. The fourth-order valence-electron chi connectivity index (χ4n) is 1.99. The summed E-state index contributed by atoms with van der Waals surface area (Å²) in [5, 5.41) is 12.6. The van der Waals surface area contributed by atoms with Crippen molar-refractivity contribution < 1.29 is 9.90 Å². The molecule has 22 heavy (non-hydrogen) atoms. The third-order valence-corrected chi connectivity index (χ3v) is 3.55. The highest BCUT2D eigenvalue weighted by molar-refractivity contribution is 5.79. The molecule has 6 heteroatoms. The number of hydrogen-bond acceptors (Lipinski definition) is 4. The van der Waals surface area contributed by atoms with Crippen LogP contribution < -0.4 is 10.9 Å². The van der Waals surface area contributed by atoms with Crippen LogP contribution in [0.1, 0.15) is 20.8 Å². The van der Waals surface area contributed by atoms with Crippen LogP contribution in [0.3, 0.4) is 0 Å². The lowest BCUT2D eigenvalue weighted by Crippen LogP contribution is -2.41. The predicted octanol–water partition coefficient (Wildman–Crippen LogP) is 0.920. The molecule has 1 heterocycles. The van der Waals surface area contributed by atoms with Gasteiger partial charge in [0.25, 0.3) is 5.56 Å². The molecule has 1 aromatic heterocycles. The number of nitrogens with zero attached hydrogens (tertiary/aromatic N) is 2. The van der Waals surface area contributed by atoms with Crippen molar-refractivity contribution in [1.82, 2.24) is 14.9 Å². The van der Waals surface area contributed by atoms with Crippen molar-refractivity contribution in [1.29, 1.82) is 0 Å². The molecule has 1 amide bonds. The third kappa shape index (κ3) is 3.71. The van der Waals surface area contributed by atoms with Gasteiger partial charge in [0.1, 0.15) is 6.54 Å². The van der Waals surface area contributed by atoms with E-state index >= 15 is 0 Å². The molecule has 1 aromatic carbocycles. The molecular weight excluding hydrogens is 282 g/mol. The standard InChI is InChI=1S/C16H21N3O3/c1-16(2,3)13(20)8-18-14(21)10-19-12-7-5-4-6-11(12)17-9-15(19)22/h4-7,9,13,20H,8,10H2,1-3H3,(H,18,21). The molecule has 118 valence electrons. The van der Waals surface area contributed by atoms with E-state index in [1.807, 2.05) is 26.8 Å². The first-order valence-corrected chi connectivity index (χ1v) is 7.18. The zero-order valence-electron chi connectivity index (χ0n) is 13.0. The number of nitrogens with one attached hydrogen (secondary N) is 1. The average molecular weight is 303 g/mol. The van der Waals surface area contributed by atoms with Gasteiger partial charge in [0.05, 0.1) is 23.3 Å². The number of hydrogen-bond donors (Lipinski definition) is 2. The van der Waals surface area contributed by atoms with Gasteiger partial charge in [0, 0.05) is 6.54 Å². The molecule has 0 bridgehead atoms. The zero-order chi connectivity index (χ0) is 16.3. The molecule has 2 rings (SSSR count). The lowest BCUT2D eigenvalue weighted by atomic mass is 9.89. The highest BCUT2D eigenvalue weighted by Crippen LogP contribution is 2.18. The van der Waals surface area contributed by atoms with E-state index in [9.17, 15) is 14.7 Å². The maximum atomic E-state index is 12.0. The van der Waals surface area contributed by atoms with Crippen LogP contribution in [-0.4, -0.2) is 33.2 Å². The van der Waals surface area contributed by atoms with Crippen molar-refractivity contribution in [2.75, 3.05) is 6.54 Å². The van der Waals surface area contributed by atoms with Gasteiger partial charge < -0.3 is 10.4 Å². The number of fused-ring (bicyclic) bond motifs is 1. The summed E-state index contributed by atoms with van der Waals surface area (Å²) in [6, 6.07) is 7.15. The van der Waals surface area contributed by atoms with Crippen LogP contribution in [0, 0.1) is 5.41 Å². The molecule has 0 fully saturated rings. The minimum Gasteiger partial charge on any atom is -0.391 e. The first-order chi connectivity index (χ1) is 10.3. The Kier molecular flexibility index (Phi) is 4.61. The normalized spacial score (nSPS) is 13.1. The second-order valence-corrected chi connectivity index (χ2v) is 6.36. The Morgan fingerprint density at radius 3 is 2.73 bits per heavy atom. The van der Waals surface area contributed by atoms with E-state index in [1.54, 1.807) is 18.2 Å². The number of aliphatic hydroxyl groups is 1. The van der Waals surface area contributed by atoms with E-state index in [4.69, 9.17) is 0 Å². The van der Waals surface area contributed by atoms with Crippen LogP contribution in [-0.2, 0) is 11.3 Å². The Bertz CT molecular complexity index is 731. The van der Waals surface area contributed by atoms with Crippen molar-refractivity contribution >= 4 is 16.9 Å². The molecule has 0 radical (unpaired) electrons. The van der Waals surface area contributed by atoms with Crippen molar-refractivity contribution in [3.05, 3.63) is 40.8 Å². The molecule has 0 aliphatic rings. The van der Waals surface area contributed by atoms with Gasteiger partial charge in [0.15, 0.2) is 0 Å². The maximum absolute atomic E-state index is 12.0. The first-order valence-electron chi connectivity index (χ1n) is 7.18. The van der Waals surface area contributed by atoms with Crippen LogP contribution in [0.4, 0.5) is 0 Å². The fourth-order valence-corrected chi connectivity index (χ4v) is 1.99. The molecule has 2 N–H and O–H groups in total. The van der Waals surface area contributed by atoms with Crippen LogP contribution >= 0.6 is 0 Å². The number of amides is 1. The largest absolute Gasteiger partial charge is 0.391 e. The molecule has 0 saturated heterocycles.